The summed E-state index contributed by atoms with van der Waals surface area (Å²) in [6, 6.07) is 8.59. The number of fused-ring (bicyclic) bond motifs is 1. The minimum atomic E-state index is -0.499. The van der Waals surface area contributed by atoms with E-state index < -0.39 is 5.91 Å². The zero-order valence-electron chi connectivity index (χ0n) is 13.2. The molecule has 0 aliphatic carbocycles. The van der Waals surface area contributed by atoms with Gasteiger partial charge < -0.3 is 14.3 Å². The summed E-state index contributed by atoms with van der Waals surface area (Å²) in [6.45, 7) is 0. The Kier molecular flexibility index (Phi) is 5.55. The summed E-state index contributed by atoms with van der Waals surface area (Å²) in [5, 5.41) is 14.6. The molecule has 9 heteroatoms. The maximum absolute atomic E-state index is 12.2. The summed E-state index contributed by atoms with van der Waals surface area (Å²) in [7, 11) is 1.40. The summed E-state index contributed by atoms with van der Waals surface area (Å²) in [5.74, 6) is -0.360. The quantitative estimate of drug-likeness (QED) is 0.385. The van der Waals surface area contributed by atoms with Crippen LogP contribution in [0.2, 0.25) is 5.02 Å². The molecule has 0 radical (unpaired) electrons. The van der Waals surface area contributed by atoms with Gasteiger partial charge in [0, 0.05) is 19.9 Å². The molecule has 0 fully saturated rings. The Bertz CT molecular complexity index is 1030. The van der Waals surface area contributed by atoms with E-state index in [-0.39, 0.29) is 22.3 Å². The molecule has 0 bridgehead atoms. The number of phenols is 1. The fraction of sp³-hybridized carbons (Fsp3) is 0.0588. The first-order chi connectivity index (χ1) is 12.4. The highest BCUT2D eigenvalue weighted by Crippen LogP contribution is 2.40. The summed E-state index contributed by atoms with van der Waals surface area (Å²) in [5.41, 5.74) is 3.49. The van der Waals surface area contributed by atoms with Crippen molar-refractivity contribution in [1.29, 1.82) is 0 Å². The third-order valence-corrected chi connectivity index (χ3v) is 5.41. The van der Waals surface area contributed by atoms with Gasteiger partial charge in [-0.2, -0.15) is 5.10 Å². The number of ether oxygens (including phenoxy) is 1. The molecular weight excluding hydrogens is 491 g/mol. The molecule has 0 atom stereocenters. The zero-order chi connectivity index (χ0) is 18.8. The van der Waals surface area contributed by atoms with Crippen molar-refractivity contribution in [2.75, 3.05) is 7.11 Å². The Morgan fingerprint density at radius 3 is 2.85 bits per heavy atom. The number of nitrogens with one attached hydrogen (secondary N) is 1. The number of hydrogen-bond donors (Lipinski definition) is 2. The number of hydrazone groups is 1. The van der Waals surface area contributed by atoms with Crippen molar-refractivity contribution >= 4 is 66.6 Å². The molecular formula is C17H11Br2ClN2O4. The van der Waals surface area contributed by atoms with Crippen LogP contribution >= 0.6 is 43.5 Å². The molecule has 3 rings (SSSR count). The van der Waals surface area contributed by atoms with Crippen LogP contribution in [0.15, 0.2) is 48.8 Å². The zero-order valence-corrected chi connectivity index (χ0v) is 17.1. The summed E-state index contributed by atoms with van der Waals surface area (Å²) < 4.78 is 11.8. The van der Waals surface area contributed by atoms with Crippen molar-refractivity contribution in [2.45, 2.75) is 0 Å². The van der Waals surface area contributed by atoms with Crippen LogP contribution in [-0.2, 0) is 0 Å². The molecule has 26 heavy (non-hydrogen) atoms. The van der Waals surface area contributed by atoms with Gasteiger partial charge in [0.25, 0.3) is 0 Å². The van der Waals surface area contributed by atoms with Crippen molar-refractivity contribution in [3.05, 3.63) is 55.6 Å². The molecule has 134 valence electrons. The maximum atomic E-state index is 12.2. The van der Waals surface area contributed by atoms with E-state index in [4.69, 9.17) is 20.8 Å². The highest BCUT2D eigenvalue weighted by Gasteiger charge is 2.15. The number of amides is 1. The Morgan fingerprint density at radius 1 is 1.35 bits per heavy atom. The number of carbonyl (C=O) groups excluding carboxylic acids is 1. The molecule has 2 N–H and O–H groups in total. The van der Waals surface area contributed by atoms with Crippen LogP contribution in [0.25, 0.3) is 11.0 Å². The first-order valence-corrected chi connectivity index (χ1v) is 9.14. The standard InChI is InChI=1S/C17H11Br2ClN2O4/c1-25-12-6-9(14(19)15(20)16(12)23)7-21-22-17(24)13-5-8-4-10(18)2-3-11(8)26-13/h2-7,23H,1H3,(H,22,24)/b21-7+. The van der Waals surface area contributed by atoms with E-state index in [0.29, 0.717) is 15.6 Å². The fourth-order valence-corrected chi connectivity index (χ4v) is 3.19. The van der Waals surface area contributed by atoms with Gasteiger partial charge in [-0.15, -0.1) is 0 Å². The number of rotatable bonds is 4. The van der Waals surface area contributed by atoms with Gasteiger partial charge in [-0.1, -0.05) is 27.5 Å². The molecule has 2 aromatic carbocycles. The summed E-state index contributed by atoms with van der Waals surface area (Å²) >= 11 is 12.6. The highest BCUT2D eigenvalue weighted by molar-refractivity contribution is 9.10. The lowest BCUT2D eigenvalue weighted by Crippen LogP contribution is -2.16. The van der Waals surface area contributed by atoms with E-state index >= 15 is 0 Å². The lowest BCUT2D eigenvalue weighted by Gasteiger charge is -2.08. The van der Waals surface area contributed by atoms with Gasteiger partial charge >= 0.3 is 5.91 Å². The number of hydrogen-bond acceptors (Lipinski definition) is 5. The SMILES string of the molecule is COc1cc(/C=N/NC(=O)c2cc3cc(Br)ccc3o2)c(Br)c(Cl)c1O. The first kappa shape index (κ1) is 18.8. The smallest absolute Gasteiger partial charge is 0.307 e. The number of furan rings is 1. The Hall–Kier alpha value is -2.03. The van der Waals surface area contributed by atoms with Crippen LogP contribution in [-0.4, -0.2) is 24.3 Å². The van der Waals surface area contributed by atoms with Crippen molar-refractivity contribution in [1.82, 2.24) is 5.43 Å². The van der Waals surface area contributed by atoms with E-state index in [1.165, 1.54) is 19.4 Å². The number of methoxy groups -OCH3 is 1. The molecule has 0 spiro atoms. The lowest BCUT2D eigenvalue weighted by atomic mass is 10.2. The minimum Gasteiger partial charge on any atom is -0.503 e. The second-order valence-corrected chi connectivity index (χ2v) is 7.22. The van der Waals surface area contributed by atoms with Crippen molar-refractivity contribution in [2.24, 2.45) is 5.10 Å². The van der Waals surface area contributed by atoms with Crippen LogP contribution in [0, 0.1) is 0 Å². The molecule has 1 aromatic heterocycles. The molecule has 0 saturated heterocycles. The molecule has 0 saturated carbocycles. The average Bonchev–Trinajstić information content (AvgIpc) is 3.04. The third kappa shape index (κ3) is 3.72. The summed E-state index contributed by atoms with van der Waals surface area (Å²) in [4.78, 5) is 12.2. The van der Waals surface area contributed by atoms with Crippen LogP contribution < -0.4 is 10.2 Å². The molecule has 0 aliphatic rings. The Labute approximate surface area is 170 Å². The van der Waals surface area contributed by atoms with Gasteiger partial charge in [0.2, 0.25) is 0 Å². The van der Waals surface area contributed by atoms with Gasteiger partial charge in [0.15, 0.2) is 17.3 Å². The molecule has 1 heterocycles. The molecule has 0 unspecified atom stereocenters. The Balaban J connectivity index is 1.79. The van der Waals surface area contributed by atoms with Crippen LogP contribution in [0.3, 0.4) is 0 Å². The van der Waals surface area contributed by atoms with Crippen LogP contribution in [0.1, 0.15) is 16.1 Å². The Morgan fingerprint density at radius 2 is 2.12 bits per heavy atom. The average molecular weight is 503 g/mol. The van der Waals surface area contributed by atoms with E-state index in [1.54, 1.807) is 12.1 Å². The molecule has 3 aromatic rings. The number of nitrogens with zero attached hydrogens (tertiary/aromatic N) is 1. The highest BCUT2D eigenvalue weighted by atomic mass is 79.9. The van der Waals surface area contributed by atoms with Gasteiger partial charge in [-0.05, 0) is 46.3 Å². The van der Waals surface area contributed by atoms with Crippen molar-refractivity contribution in [3.8, 4) is 11.5 Å². The van der Waals surface area contributed by atoms with E-state index in [1.807, 2.05) is 12.1 Å². The number of benzene rings is 2. The topological polar surface area (TPSA) is 84.1 Å². The predicted molar refractivity (Wildman–Crippen MR) is 106 cm³/mol. The van der Waals surface area contributed by atoms with Gasteiger partial charge in [0.1, 0.15) is 10.6 Å². The second-order valence-electron chi connectivity index (χ2n) is 5.14. The maximum Gasteiger partial charge on any atom is 0.307 e. The molecule has 1 amide bonds. The molecule has 0 aliphatic heterocycles. The number of halogens is 3. The van der Waals surface area contributed by atoms with Gasteiger partial charge in [-0.3, -0.25) is 4.79 Å². The van der Waals surface area contributed by atoms with Crippen molar-refractivity contribution in [3.63, 3.8) is 0 Å². The van der Waals surface area contributed by atoms with Gasteiger partial charge in [0.05, 0.1) is 13.3 Å². The number of aromatic hydroxyl groups is 1. The van der Waals surface area contributed by atoms with E-state index in [9.17, 15) is 9.90 Å². The number of carbonyl (C=O) groups is 1. The molecule has 6 nitrogen and oxygen atoms in total. The van der Waals surface area contributed by atoms with Crippen molar-refractivity contribution < 1.29 is 19.1 Å². The number of phenolic OH excluding ortho intramolecular Hbond substituents is 1. The lowest BCUT2D eigenvalue weighted by molar-refractivity contribution is 0.0929. The minimum absolute atomic E-state index is 0.0833. The summed E-state index contributed by atoms with van der Waals surface area (Å²) in [6.07, 6.45) is 1.37. The second kappa shape index (κ2) is 7.69. The normalized spacial score (nSPS) is 11.2. The largest absolute Gasteiger partial charge is 0.503 e. The first-order valence-electron chi connectivity index (χ1n) is 7.18. The van der Waals surface area contributed by atoms with Gasteiger partial charge in [-0.25, -0.2) is 5.43 Å². The monoisotopic (exact) mass is 500 g/mol. The predicted octanol–water partition coefficient (Wildman–Crippen LogP) is 5.09. The van der Waals surface area contributed by atoms with Crippen LogP contribution in [0.4, 0.5) is 0 Å². The third-order valence-electron chi connectivity index (χ3n) is 3.47. The van der Waals surface area contributed by atoms with Crippen LogP contribution in [0.5, 0.6) is 11.5 Å². The fourth-order valence-electron chi connectivity index (χ4n) is 2.20. The van der Waals surface area contributed by atoms with E-state index in [2.05, 4.69) is 42.4 Å². The van der Waals surface area contributed by atoms with E-state index in [0.717, 1.165) is 9.86 Å².